The van der Waals surface area contributed by atoms with Crippen LogP contribution in [0, 0.1) is 0 Å². The Morgan fingerprint density at radius 1 is 1.30 bits per heavy atom. The summed E-state index contributed by atoms with van der Waals surface area (Å²) < 4.78 is 37.6. The monoisotopic (exact) mass is 299 g/mol. The van der Waals surface area contributed by atoms with Crippen molar-refractivity contribution in [1.29, 1.82) is 0 Å². The number of morpholine rings is 1. The third-order valence-electron chi connectivity index (χ3n) is 3.57. The van der Waals surface area contributed by atoms with Crippen LogP contribution < -0.4 is 4.74 Å². The molecule has 112 valence electrons. The van der Waals surface area contributed by atoms with E-state index in [2.05, 4.69) is 0 Å². The molecule has 0 radical (unpaired) electrons. The zero-order valence-electron chi connectivity index (χ0n) is 12.1. The summed E-state index contributed by atoms with van der Waals surface area (Å²) in [5.41, 5.74) is 0. The van der Waals surface area contributed by atoms with Gasteiger partial charge in [0.05, 0.1) is 24.2 Å². The molecule has 1 saturated heterocycles. The van der Waals surface area contributed by atoms with Gasteiger partial charge in [-0.1, -0.05) is 0 Å². The van der Waals surface area contributed by atoms with Crippen LogP contribution in [-0.2, 0) is 14.8 Å². The molecule has 1 aromatic carbocycles. The van der Waals surface area contributed by atoms with Gasteiger partial charge in [-0.25, -0.2) is 8.42 Å². The summed E-state index contributed by atoms with van der Waals surface area (Å²) in [6.45, 7) is 7.04. The summed E-state index contributed by atoms with van der Waals surface area (Å²) in [7, 11) is -3.48. The van der Waals surface area contributed by atoms with Gasteiger partial charge in [-0.2, -0.15) is 4.31 Å². The fourth-order valence-corrected chi connectivity index (χ4v) is 3.93. The number of rotatable bonds is 4. The van der Waals surface area contributed by atoms with Crippen LogP contribution in [-0.4, -0.2) is 44.6 Å². The summed E-state index contributed by atoms with van der Waals surface area (Å²) in [6, 6.07) is 6.39. The molecular weight excluding hydrogens is 278 g/mol. The predicted molar refractivity (Wildman–Crippen MR) is 76.4 cm³/mol. The number of benzene rings is 1. The Hall–Kier alpha value is -1.11. The van der Waals surface area contributed by atoms with Gasteiger partial charge in [-0.15, -0.1) is 0 Å². The molecule has 0 saturated carbocycles. The quantitative estimate of drug-likeness (QED) is 0.852. The van der Waals surface area contributed by atoms with E-state index in [0.717, 1.165) is 0 Å². The van der Waals surface area contributed by atoms with Gasteiger partial charge in [0.2, 0.25) is 10.0 Å². The molecular formula is C14H21NO4S. The van der Waals surface area contributed by atoms with Gasteiger partial charge < -0.3 is 9.47 Å². The van der Waals surface area contributed by atoms with Crippen LogP contribution in [0.25, 0.3) is 0 Å². The number of sulfonamides is 1. The molecule has 5 nitrogen and oxygen atoms in total. The summed E-state index contributed by atoms with van der Waals surface area (Å²) in [5.74, 6) is 0.676. The molecule has 6 heteroatoms. The van der Waals surface area contributed by atoms with Crippen LogP contribution in [0.3, 0.4) is 0 Å². The highest BCUT2D eigenvalue weighted by Crippen LogP contribution is 2.24. The minimum Gasteiger partial charge on any atom is -0.494 e. The number of ether oxygens (including phenoxy) is 2. The van der Waals surface area contributed by atoms with Crippen molar-refractivity contribution < 1.29 is 17.9 Å². The maximum atomic E-state index is 12.6. The molecule has 0 aromatic heterocycles. The molecule has 1 aromatic rings. The molecule has 0 spiro atoms. The van der Waals surface area contributed by atoms with Crippen LogP contribution in [0.1, 0.15) is 20.8 Å². The van der Waals surface area contributed by atoms with Crippen molar-refractivity contribution >= 4 is 10.0 Å². The van der Waals surface area contributed by atoms with Crippen molar-refractivity contribution in [3.63, 3.8) is 0 Å². The normalized spacial score (nSPS) is 24.6. The lowest BCUT2D eigenvalue weighted by Crippen LogP contribution is -2.50. The van der Waals surface area contributed by atoms with E-state index in [1.807, 2.05) is 20.8 Å². The summed E-state index contributed by atoms with van der Waals surface area (Å²) in [6.07, 6.45) is -0.0961. The first-order chi connectivity index (χ1) is 9.46. The van der Waals surface area contributed by atoms with Gasteiger partial charge >= 0.3 is 0 Å². The van der Waals surface area contributed by atoms with E-state index < -0.39 is 10.0 Å². The van der Waals surface area contributed by atoms with Crippen LogP contribution >= 0.6 is 0 Å². The summed E-state index contributed by atoms with van der Waals surface area (Å²) in [4.78, 5) is 0.293. The van der Waals surface area contributed by atoms with Crippen LogP contribution in [0.5, 0.6) is 5.75 Å². The standard InChI is InChI=1S/C14H21NO4S/c1-4-18-13-5-7-14(8-6-13)20(16,17)15-9-10-19-12(3)11(15)2/h5-8,11-12H,4,9-10H2,1-3H3. The Bertz CT molecular complexity index is 541. The van der Waals surface area contributed by atoms with E-state index >= 15 is 0 Å². The highest BCUT2D eigenvalue weighted by atomic mass is 32.2. The first-order valence-corrected chi connectivity index (χ1v) is 8.27. The molecule has 0 bridgehead atoms. The molecule has 1 heterocycles. The SMILES string of the molecule is CCOc1ccc(S(=O)(=O)N2CCOC(C)C2C)cc1. The Balaban J connectivity index is 2.25. The molecule has 1 aliphatic rings. The average Bonchev–Trinajstić information content (AvgIpc) is 2.42. The smallest absolute Gasteiger partial charge is 0.243 e. The van der Waals surface area contributed by atoms with Crippen molar-refractivity contribution in [2.45, 2.75) is 37.8 Å². The van der Waals surface area contributed by atoms with E-state index in [-0.39, 0.29) is 12.1 Å². The van der Waals surface area contributed by atoms with E-state index in [4.69, 9.17) is 9.47 Å². The van der Waals surface area contributed by atoms with E-state index in [1.165, 1.54) is 4.31 Å². The van der Waals surface area contributed by atoms with Gasteiger partial charge in [0.1, 0.15) is 5.75 Å². The average molecular weight is 299 g/mol. The zero-order chi connectivity index (χ0) is 14.8. The van der Waals surface area contributed by atoms with E-state index in [1.54, 1.807) is 24.3 Å². The Labute approximate surface area is 120 Å². The molecule has 2 atom stereocenters. The minimum absolute atomic E-state index is 0.0961. The number of hydrogen-bond acceptors (Lipinski definition) is 4. The third-order valence-corrected chi connectivity index (χ3v) is 5.57. The Morgan fingerprint density at radius 3 is 2.55 bits per heavy atom. The second-order valence-corrected chi connectivity index (χ2v) is 6.73. The molecule has 1 aliphatic heterocycles. The molecule has 2 rings (SSSR count). The zero-order valence-corrected chi connectivity index (χ0v) is 12.9. The van der Waals surface area contributed by atoms with Gasteiger partial charge in [0.15, 0.2) is 0 Å². The second kappa shape index (κ2) is 6.11. The Kier molecular flexibility index (Phi) is 4.67. The second-order valence-electron chi connectivity index (χ2n) is 4.84. The van der Waals surface area contributed by atoms with Crippen LogP contribution in [0.15, 0.2) is 29.2 Å². The fraction of sp³-hybridized carbons (Fsp3) is 0.571. The number of nitrogens with zero attached hydrogens (tertiary/aromatic N) is 1. The molecule has 20 heavy (non-hydrogen) atoms. The van der Waals surface area contributed by atoms with Crippen LogP contribution in [0.2, 0.25) is 0 Å². The van der Waals surface area contributed by atoms with Gasteiger partial charge in [0.25, 0.3) is 0 Å². The van der Waals surface area contributed by atoms with Gasteiger partial charge in [0, 0.05) is 12.6 Å². The van der Waals surface area contributed by atoms with Gasteiger partial charge in [-0.3, -0.25) is 0 Å². The van der Waals surface area contributed by atoms with Crippen LogP contribution in [0.4, 0.5) is 0 Å². The lowest BCUT2D eigenvalue weighted by molar-refractivity contribution is -0.0232. The van der Waals surface area contributed by atoms with Gasteiger partial charge in [-0.05, 0) is 45.0 Å². The predicted octanol–water partition coefficient (Wildman–Crippen LogP) is 1.88. The first kappa shape index (κ1) is 15.3. The lowest BCUT2D eigenvalue weighted by atomic mass is 10.2. The maximum Gasteiger partial charge on any atom is 0.243 e. The third kappa shape index (κ3) is 2.97. The molecule has 2 unspecified atom stereocenters. The molecule has 0 amide bonds. The van der Waals surface area contributed by atoms with Crippen molar-refractivity contribution in [1.82, 2.24) is 4.31 Å². The van der Waals surface area contributed by atoms with Crippen molar-refractivity contribution in [2.24, 2.45) is 0 Å². The molecule has 1 fully saturated rings. The highest BCUT2D eigenvalue weighted by Gasteiger charge is 2.35. The van der Waals surface area contributed by atoms with E-state index in [9.17, 15) is 8.42 Å². The summed E-state index contributed by atoms with van der Waals surface area (Å²) in [5, 5.41) is 0. The molecule has 0 aliphatic carbocycles. The number of hydrogen-bond donors (Lipinski definition) is 0. The first-order valence-electron chi connectivity index (χ1n) is 6.83. The highest BCUT2D eigenvalue weighted by molar-refractivity contribution is 7.89. The fourth-order valence-electron chi connectivity index (χ4n) is 2.25. The summed E-state index contributed by atoms with van der Waals surface area (Å²) >= 11 is 0. The lowest BCUT2D eigenvalue weighted by Gasteiger charge is -2.36. The van der Waals surface area contributed by atoms with Crippen molar-refractivity contribution in [3.05, 3.63) is 24.3 Å². The van der Waals surface area contributed by atoms with E-state index in [0.29, 0.717) is 30.4 Å². The topological polar surface area (TPSA) is 55.8 Å². The Morgan fingerprint density at radius 2 is 1.95 bits per heavy atom. The maximum absolute atomic E-state index is 12.6. The van der Waals surface area contributed by atoms with Crippen molar-refractivity contribution in [2.75, 3.05) is 19.8 Å². The minimum atomic E-state index is -3.48. The molecule has 0 N–H and O–H groups in total. The largest absolute Gasteiger partial charge is 0.494 e. The van der Waals surface area contributed by atoms with Crippen molar-refractivity contribution in [3.8, 4) is 5.75 Å².